The third kappa shape index (κ3) is 3.10. The molecule has 0 spiro atoms. The van der Waals surface area contributed by atoms with Gasteiger partial charge in [-0.2, -0.15) is 0 Å². The molecule has 2 aliphatic rings. The first kappa shape index (κ1) is 16.8. The summed E-state index contributed by atoms with van der Waals surface area (Å²) in [5, 5.41) is 2.75. The smallest absolute Gasteiger partial charge is 0.292 e. The van der Waals surface area contributed by atoms with Crippen LogP contribution in [0, 0.1) is 6.92 Å². The topological polar surface area (TPSA) is 84.7 Å². The number of morpholine rings is 1. The van der Waals surface area contributed by atoms with Crippen LogP contribution in [0.1, 0.15) is 45.1 Å². The summed E-state index contributed by atoms with van der Waals surface area (Å²) in [6.07, 6.45) is 3.72. The number of pyridine rings is 1. The zero-order valence-electron chi connectivity index (χ0n) is 14.7. The number of ketones is 1. The lowest BCUT2D eigenvalue weighted by atomic mass is 9.94. The van der Waals surface area contributed by atoms with Gasteiger partial charge in [0.2, 0.25) is 0 Å². The second kappa shape index (κ2) is 6.92. The van der Waals surface area contributed by atoms with Crippen molar-refractivity contribution in [2.24, 2.45) is 0 Å². The highest BCUT2D eigenvalue weighted by molar-refractivity contribution is 6.07. The lowest BCUT2D eigenvalue weighted by molar-refractivity contribution is 0.0963. The quantitative estimate of drug-likeness (QED) is 0.911. The van der Waals surface area contributed by atoms with Crippen LogP contribution in [0.25, 0.3) is 0 Å². The third-order valence-corrected chi connectivity index (χ3v) is 4.88. The molecule has 0 bridgehead atoms. The van der Waals surface area contributed by atoms with Crippen molar-refractivity contribution < 1.29 is 18.7 Å². The molecule has 1 amide bonds. The van der Waals surface area contributed by atoms with E-state index >= 15 is 0 Å². The number of Topliss-reactive ketones (excluding diaryl/α,β-unsaturated/α-hetero) is 1. The second-order valence-corrected chi connectivity index (χ2v) is 6.59. The van der Waals surface area contributed by atoms with E-state index in [1.807, 2.05) is 6.07 Å². The first-order chi connectivity index (χ1) is 12.6. The molecular formula is C19H21N3O4. The van der Waals surface area contributed by atoms with Crippen molar-refractivity contribution in [2.45, 2.75) is 26.2 Å². The van der Waals surface area contributed by atoms with E-state index in [0.717, 1.165) is 25.2 Å². The van der Waals surface area contributed by atoms with Crippen molar-refractivity contribution in [1.29, 1.82) is 0 Å². The first-order valence-electron chi connectivity index (χ1n) is 8.89. The van der Waals surface area contributed by atoms with Crippen molar-refractivity contribution >= 4 is 23.2 Å². The van der Waals surface area contributed by atoms with Crippen LogP contribution in [0.2, 0.25) is 0 Å². The molecule has 0 unspecified atom stereocenters. The van der Waals surface area contributed by atoms with Gasteiger partial charge < -0.3 is 19.4 Å². The number of hydrogen-bond acceptors (Lipinski definition) is 6. The van der Waals surface area contributed by atoms with Gasteiger partial charge in [-0.05, 0) is 25.5 Å². The van der Waals surface area contributed by atoms with E-state index < -0.39 is 0 Å². The molecule has 1 saturated heterocycles. The van der Waals surface area contributed by atoms with Gasteiger partial charge in [0.05, 0.1) is 30.7 Å². The summed E-state index contributed by atoms with van der Waals surface area (Å²) in [6.45, 7) is 4.84. The van der Waals surface area contributed by atoms with Crippen molar-refractivity contribution in [3.8, 4) is 0 Å². The second-order valence-electron chi connectivity index (χ2n) is 6.59. The zero-order chi connectivity index (χ0) is 18.1. The number of rotatable bonds is 3. The summed E-state index contributed by atoms with van der Waals surface area (Å²) in [5.41, 5.74) is 2.20. The molecule has 4 rings (SSSR count). The Morgan fingerprint density at radius 1 is 1.23 bits per heavy atom. The third-order valence-electron chi connectivity index (χ3n) is 4.88. The Bertz CT molecular complexity index is 835. The van der Waals surface area contributed by atoms with Crippen molar-refractivity contribution in [2.75, 3.05) is 36.5 Å². The summed E-state index contributed by atoms with van der Waals surface area (Å²) in [4.78, 5) is 31.1. The fourth-order valence-electron chi connectivity index (χ4n) is 3.51. The van der Waals surface area contributed by atoms with Crippen LogP contribution in [-0.4, -0.2) is 43.0 Å². The number of aryl methyl sites for hydroxylation is 1. The Balaban J connectivity index is 1.49. The summed E-state index contributed by atoms with van der Waals surface area (Å²) in [7, 11) is 0. The molecule has 3 heterocycles. The maximum absolute atomic E-state index is 12.6. The van der Waals surface area contributed by atoms with E-state index in [1.165, 1.54) is 0 Å². The average molecular weight is 355 g/mol. The number of carbonyl (C=O) groups is 2. The molecule has 136 valence electrons. The Labute approximate surface area is 151 Å². The van der Waals surface area contributed by atoms with Gasteiger partial charge in [0.15, 0.2) is 11.5 Å². The summed E-state index contributed by atoms with van der Waals surface area (Å²) < 4.78 is 11.0. The van der Waals surface area contributed by atoms with Crippen LogP contribution < -0.4 is 10.2 Å². The molecule has 7 heteroatoms. The summed E-state index contributed by atoms with van der Waals surface area (Å²) in [6, 6.07) is 3.70. The highest BCUT2D eigenvalue weighted by Crippen LogP contribution is 2.29. The molecule has 26 heavy (non-hydrogen) atoms. The molecule has 1 aliphatic carbocycles. The predicted molar refractivity (Wildman–Crippen MR) is 95.9 cm³/mol. The van der Waals surface area contributed by atoms with Crippen molar-refractivity contribution in [3.63, 3.8) is 0 Å². The molecule has 2 aromatic heterocycles. The zero-order valence-corrected chi connectivity index (χ0v) is 14.7. The standard InChI is InChI=1S/C19H21N3O4/c1-12-17-14(23)3-2-4-15(17)26-18(12)19(24)21-16-6-5-13(11-20-16)22-7-9-25-10-8-22/h5-6,11H,2-4,7-10H2,1H3,(H,20,21,24). The largest absolute Gasteiger partial charge is 0.455 e. The number of furan rings is 1. The SMILES string of the molecule is Cc1c(C(=O)Nc2ccc(N3CCOCC3)cn2)oc2c1C(=O)CCC2. The Hall–Kier alpha value is -2.67. The van der Waals surface area contributed by atoms with E-state index in [0.29, 0.717) is 48.8 Å². The first-order valence-corrected chi connectivity index (χ1v) is 8.89. The molecule has 0 saturated carbocycles. The molecular weight excluding hydrogens is 334 g/mol. The van der Waals surface area contributed by atoms with E-state index in [1.54, 1.807) is 19.2 Å². The van der Waals surface area contributed by atoms with Gasteiger partial charge in [0.1, 0.15) is 11.6 Å². The number of hydrogen-bond donors (Lipinski definition) is 1. The number of anilines is 2. The monoisotopic (exact) mass is 355 g/mol. The number of amides is 1. The minimum atomic E-state index is -0.378. The van der Waals surface area contributed by atoms with Gasteiger partial charge in [-0.3, -0.25) is 9.59 Å². The van der Waals surface area contributed by atoms with Crippen LogP contribution in [0.15, 0.2) is 22.7 Å². The van der Waals surface area contributed by atoms with E-state index in [-0.39, 0.29) is 17.5 Å². The Kier molecular flexibility index (Phi) is 4.46. The van der Waals surface area contributed by atoms with Crippen LogP contribution in [0.5, 0.6) is 0 Å². The minimum absolute atomic E-state index is 0.0551. The minimum Gasteiger partial charge on any atom is -0.455 e. The Morgan fingerprint density at radius 3 is 2.73 bits per heavy atom. The molecule has 1 fully saturated rings. The maximum atomic E-state index is 12.6. The van der Waals surface area contributed by atoms with Gasteiger partial charge in [0, 0.05) is 31.5 Å². The number of nitrogens with one attached hydrogen (secondary N) is 1. The Morgan fingerprint density at radius 2 is 2.04 bits per heavy atom. The summed E-state index contributed by atoms with van der Waals surface area (Å²) in [5.74, 6) is 0.951. The summed E-state index contributed by atoms with van der Waals surface area (Å²) >= 11 is 0. The lowest BCUT2D eigenvalue weighted by Crippen LogP contribution is -2.36. The number of fused-ring (bicyclic) bond motifs is 1. The molecule has 2 aromatic rings. The molecule has 0 radical (unpaired) electrons. The van der Waals surface area contributed by atoms with Gasteiger partial charge in [0.25, 0.3) is 5.91 Å². The fraction of sp³-hybridized carbons (Fsp3) is 0.421. The van der Waals surface area contributed by atoms with Crippen molar-refractivity contribution in [1.82, 2.24) is 4.98 Å². The number of nitrogens with zero attached hydrogens (tertiary/aromatic N) is 2. The van der Waals surface area contributed by atoms with E-state index in [4.69, 9.17) is 9.15 Å². The molecule has 0 aromatic carbocycles. The van der Waals surface area contributed by atoms with Gasteiger partial charge in [-0.25, -0.2) is 4.98 Å². The number of carbonyl (C=O) groups excluding carboxylic acids is 2. The predicted octanol–water partition coefficient (Wildman–Crippen LogP) is 2.59. The molecule has 7 nitrogen and oxygen atoms in total. The van der Waals surface area contributed by atoms with Gasteiger partial charge in [-0.1, -0.05) is 0 Å². The van der Waals surface area contributed by atoms with Crippen LogP contribution in [0.4, 0.5) is 11.5 Å². The molecule has 0 atom stereocenters. The molecule has 1 aliphatic heterocycles. The van der Waals surface area contributed by atoms with E-state index in [2.05, 4.69) is 15.2 Å². The van der Waals surface area contributed by atoms with E-state index in [9.17, 15) is 9.59 Å². The highest BCUT2D eigenvalue weighted by atomic mass is 16.5. The van der Waals surface area contributed by atoms with Crippen LogP contribution in [-0.2, 0) is 11.2 Å². The van der Waals surface area contributed by atoms with Gasteiger partial charge >= 0.3 is 0 Å². The van der Waals surface area contributed by atoms with Crippen LogP contribution >= 0.6 is 0 Å². The number of ether oxygens (including phenoxy) is 1. The van der Waals surface area contributed by atoms with Gasteiger partial charge in [-0.15, -0.1) is 0 Å². The van der Waals surface area contributed by atoms with Crippen molar-refractivity contribution in [3.05, 3.63) is 41.0 Å². The maximum Gasteiger partial charge on any atom is 0.292 e. The molecule has 1 N–H and O–H groups in total. The number of aromatic nitrogens is 1. The van der Waals surface area contributed by atoms with Crippen LogP contribution in [0.3, 0.4) is 0 Å². The fourth-order valence-corrected chi connectivity index (χ4v) is 3.51. The average Bonchev–Trinajstić information content (AvgIpc) is 3.01. The normalized spacial score (nSPS) is 17.1. The lowest BCUT2D eigenvalue weighted by Gasteiger charge is -2.28. The highest BCUT2D eigenvalue weighted by Gasteiger charge is 2.28.